The number of nitrogens with zero attached hydrogens (tertiary/aromatic N) is 5. The quantitative estimate of drug-likeness (QED) is 0.167. The standard InChI is InChI=1S/C71H45N5/c1-2-23-54(24-3-1)75-64-28-13-12-26-58(64)59-34-32-53(43-66(59)75)70-72-69(52-30-29-44-15-4-5-17-46(44)37-52)73-71(74-70)60-35-36-65(61-40-51(31-33-57(60)61)56-27-14-22-45-16-10-11-25-55(45)56)76-67-41-49-20-8-6-18-47(49)38-62(67)63-39-48-19-7-9-21-50(48)42-68(63)76/h1-21,23-43,45H,22H2. The van der Waals surface area contributed by atoms with Crippen LogP contribution in [0.2, 0.25) is 0 Å². The Hall–Kier alpha value is -9.97. The van der Waals surface area contributed by atoms with Crippen molar-refractivity contribution < 1.29 is 0 Å². The van der Waals surface area contributed by atoms with Gasteiger partial charge < -0.3 is 9.13 Å². The van der Waals surface area contributed by atoms with Gasteiger partial charge in [-0.3, -0.25) is 0 Å². The van der Waals surface area contributed by atoms with E-state index in [1.807, 2.05) is 0 Å². The molecule has 0 fully saturated rings. The number of allylic oxidation sites excluding steroid dienone is 8. The van der Waals surface area contributed by atoms with Crippen molar-refractivity contribution in [3.63, 3.8) is 0 Å². The second-order valence-electron chi connectivity index (χ2n) is 20.3. The van der Waals surface area contributed by atoms with Crippen LogP contribution in [0.1, 0.15) is 12.0 Å². The van der Waals surface area contributed by atoms with E-state index in [0.29, 0.717) is 23.4 Å². The third-order valence-electron chi connectivity index (χ3n) is 16.0. The van der Waals surface area contributed by atoms with E-state index in [4.69, 9.17) is 15.0 Å². The summed E-state index contributed by atoms with van der Waals surface area (Å²) in [5.41, 5.74) is 13.3. The summed E-state index contributed by atoms with van der Waals surface area (Å²) in [7, 11) is 0. The Balaban J connectivity index is 0.977. The van der Waals surface area contributed by atoms with Crippen LogP contribution in [0.15, 0.2) is 260 Å². The third kappa shape index (κ3) is 6.69. The first-order valence-corrected chi connectivity index (χ1v) is 26.2. The van der Waals surface area contributed by atoms with Gasteiger partial charge in [-0.1, -0.05) is 182 Å². The highest BCUT2D eigenvalue weighted by Crippen LogP contribution is 2.44. The fraction of sp³-hybridized carbons (Fsp3) is 0.0282. The second kappa shape index (κ2) is 16.8. The number of hydrogen-bond acceptors (Lipinski definition) is 3. The molecule has 0 saturated heterocycles. The molecule has 14 aromatic rings. The largest absolute Gasteiger partial charge is 0.309 e. The van der Waals surface area contributed by atoms with E-state index >= 15 is 0 Å². The molecule has 3 aromatic heterocycles. The molecule has 76 heavy (non-hydrogen) atoms. The summed E-state index contributed by atoms with van der Waals surface area (Å²) < 4.78 is 4.85. The lowest BCUT2D eigenvalue weighted by Gasteiger charge is -2.23. The lowest BCUT2D eigenvalue weighted by molar-refractivity contribution is 0.784. The van der Waals surface area contributed by atoms with Crippen molar-refractivity contribution >= 4 is 92.3 Å². The van der Waals surface area contributed by atoms with Crippen molar-refractivity contribution in [1.82, 2.24) is 24.1 Å². The molecule has 3 heterocycles. The van der Waals surface area contributed by atoms with E-state index in [9.17, 15) is 0 Å². The van der Waals surface area contributed by atoms with E-state index in [2.05, 4.69) is 264 Å². The molecule has 5 heteroatoms. The Bertz CT molecular complexity index is 4820. The predicted molar refractivity (Wildman–Crippen MR) is 317 cm³/mol. The minimum atomic E-state index is 0.343. The summed E-state index contributed by atoms with van der Waals surface area (Å²) in [6.45, 7) is 0. The van der Waals surface area contributed by atoms with Gasteiger partial charge in [0, 0.05) is 55.2 Å². The van der Waals surface area contributed by atoms with Crippen molar-refractivity contribution in [2.75, 3.05) is 0 Å². The van der Waals surface area contributed by atoms with Crippen molar-refractivity contribution in [3.8, 4) is 45.5 Å². The van der Waals surface area contributed by atoms with Gasteiger partial charge in [0.2, 0.25) is 0 Å². The van der Waals surface area contributed by atoms with E-state index < -0.39 is 0 Å². The topological polar surface area (TPSA) is 48.5 Å². The first-order chi connectivity index (χ1) is 37.6. The zero-order valence-electron chi connectivity index (χ0n) is 41.3. The van der Waals surface area contributed by atoms with E-state index in [1.165, 1.54) is 65.2 Å². The van der Waals surface area contributed by atoms with Crippen LogP contribution in [-0.2, 0) is 0 Å². The molecule has 16 rings (SSSR count). The van der Waals surface area contributed by atoms with Gasteiger partial charge in [-0.15, -0.1) is 0 Å². The van der Waals surface area contributed by atoms with Gasteiger partial charge in [-0.2, -0.15) is 0 Å². The van der Waals surface area contributed by atoms with Crippen LogP contribution in [-0.4, -0.2) is 24.1 Å². The molecule has 2 aliphatic carbocycles. The summed E-state index contributed by atoms with van der Waals surface area (Å²) >= 11 is 0. The molecule has 5 nitrogen and oxygen atoms in total. The van der Waals surface area contributed by atoms with Crippen molar-refractivity contribution in [2.45, 2.75) is 6.42 Å². The number of hydrogen-bond donors (Lipinski definition) is 0. The Morgan fingerprint density at radius 2 is 0.934 bits per heavy atom. The van der Waals surface area contributed by atoms with E-state index in [0.717, 1.165) is 72.7 Å². The molecule has 354 valence electrons. The fourth-order valence-electron chi connectivity index (χ4n) is 12.4. The Morgan fingerprint density at radius 3 is 1.68 bits per heavy atom. The van der Waals surface area contributed by atoms with Gasteiger partial charge in [0.15, 0.2) is 17.5 Å². The Labute approximate surface area is 438 Å². The molecule has 11 aromatic carbocycles. The highest BCUT2D eigenvalue weighted by Gasteiger charge is 2.24. The summed E-state index contributed by atoms with van der Waals surface area (Å²) in [5, 5.41) is 14.1. The van der Waals surface area contributed by atoms with Gasteiger partial charge in [0.05, 0.1) is 27.8 Å². The highest BCUT2D eigenvalue weighted by molar-refractivity contribution is 6.18. The summed E-state index contributed by atoms with van der Waals surface area (Å²) in [6, 6.07) is 79.4. The lowest BCUT2D eigenvalue weighted by atomic mass is 9.81. The predicted octanol–water partition coefficient (Wildman–Crippen LogP) is 18.1. The molecule has 0 spiro atoms. The molecule has 0 N–H and O–H groups in total. The van der Waals surface area contributed by atoms with Crippen LogP contribution < -0.4 is 0 Å². The number of para-hydroxylation sites is 2. The third-order valence-corrected chi connectivity index (χ3v) is 16.0. The minimum Gasteiger partial charge on any atom is -0.309 e. The van der Waals surface area contributed by atoms with Crippen LogP contribution in [0.25, 0.3) is 138 Å². The van der Waals surface area contributed by atoms with E-state index in [-0.39, 0.29) is 0 Å². The first-order valence-electron chi connectivity index (χ1n) is 26.2. The number of rotatable bonds is 6. The minimum absolute atomic E-state index is 0.343. The number of aromatic nitrogens is 5. The zero-order valence-corrected chi connectivity index (χ0v) is 41.3. The maximum Gasteiger partial charge on any atom is 0.164 e. The first kappa shape index (κ1) is 42.5. The molecular weight excluding hydrogens is 923 g/mol. The zero-order chi connectivity index (χ0) is 49.8. The van der Waals surface area contributed by atoms with Crippen LogP contribution in [0.4, 0.5) is 0 Å². The van der Waals surface area contributed by atoms with Gasteiger partial charge in [-0.25, -0.2) is 15.0 Å². The SMILES string of the molecule is C1=CC2=C(c3ccc4c(-c5nc(-c6ccc7ccccc7c6)nc(-c6ccc7c8ccccc8n(-c8ccccc8)c7c6)n5)ccc(-n5c6cc7ccccc7cc6c6cc7ccccc7cc65)c4c3)C=CCC2C=C1. The summed E-state index contributed by atoms with van der Waals surface area (Å²) in [5.74, 6) is 2.18. The molecule has 0 radical (unpaired) electrons. The van der Waals surface area contributed by atoms with Crippen molar-refractivity contribution in [3.05, 3.63) is 266 Å². The normalized spacial score (nSPS) is 14.4. The Morgan fingerprint density at radius 1 is 0.355 bits per heavy atom. The Kier molecular flexibility index (Phi) is 9.39. The lowest BCUT2D eigenvalue weighted by Crippen LogP contribution is -2.07. The van der Waals surface area contributed by atoms with Crippen LogP contribution in [0, 0.1) is 5.92 Å². The highest BCUT2D eigenvalue weighted by atomic mass is 15.0. The monoisotopic (exact) mass is 967 g/mol. The maximum absolute atomic E-state index is 5.53. The fourth-order valence-corrected chi connectivity index (χ4v) is 12.4. The molecule has 0 bridgehead atoms. The second-order valence-corrected chi connectivity index (χ2v) is 20.3. The van der Waals surface area contributed by atoms with Crippen LogP contribution in [0.5, 0.6) is 0 Å². The molecule has 0 saturated carbocycles. The molecular formula is C71H45N5. The van der Waals surface area contributed by atoms with Crippen molar-refractivity contribution in [2.24, 2.45) is 5.92 Å². The summed E-state index contributed by atoms with van der Waals surface area (Å²) in [6.07, 6.45) is 14.6. The van der Waals surface area contributed by atoms with Crippen molar-refractivity contribution in [1.29, 1.82) is 0 Å². The van der Waals surface area contributed by atoms with Crippen LogP contribution >= 0.6 is 0 Å². The molecule has 2 aliphatic rings. The molecule has 0 amide bonds. The van der Waals surface area contributed by atoms with E-state index in [1.54, 1.807) is 0 Å². The average molecular weight is 968 g/mol. The van der Waals surface area contributed by atoms with Crippen LogP contribution in [0.3, 0.4) is 0 Å². The van der Waals surface area contributed by atoms with Gasteiger partial charge in [-0.05, 0) is 134 Å². The smallest absolute Gasteiger partial charge is 0.164 e. The molecule has 1 unspecified atom stereocenters. The van der Waals surface area contributed by atoms with Gasteiger partial charge in [0.1, 0.15) is 0 Å². The molecule has 0 aliphatic heterocycles. The maximum atomic E-state index is 5.53. The summed E-state index contributed by atoms with van der Waals surface area (Å²) in [4.78, 5) is 16.4. The van der Waals surface area contributed by atoms with Gasteiger partial charge in [0.25, 0.3) is 0 Å². The van der Waals surface area contributed by atoms with Gasteiger partial charge >= 0.3 is 0 Å². The average Bonchev–Trinajstić information content (AvgIpc) is 4.07. The number of benzene rings is 11. The number of fused-ring (bicyclic) bond motifs is 11. The molecule has 1 atom stereocenters.